The zero-order valence-electron chi connectivity index (χ0n) is 17.8. The molecule has 158 valence electrons. The molecule has 0 unspecified atom stereocenters. The number of hydrogen-bond acceptors (Lipinski definition) is 5. The highest BCUT2D eigenvalue weighted by molar-refractivity contribution is 8.00. The first-order chi connectivity index (χ1) is 15.0. The van der Waals surface area contributed by atoms with E-state index < -0.39 is 0 Å². The van der Waals surface area contributed by atoms with E-state index in [2.05, 4.69) is 26.0 Å². The molecule has 0 atom stereocenters. The van der Waals surface area contributed by atoms with Crippen LogP contribution in [0.5, 0.6) is 5.75 Å². The third kappa shape index (κ3) is 4.92. The highest BCUT2D eigenvalue weighted by atomic mass is 32.2. The van der Waals surface area contributed by atoms with Crippen LogP contribution in [0.25, 0.3) is 10.2 Å². The first-order valence-electron chi connectivity index (χ1n) is 10.0. The van der Waals surface area contributed by atoms with Crippen molar-refractivity contribution < 1.29 is 9.53 Å². The van der Waals surface area contributed by atoms with Crippen LogP contribution in [-0.4, -0.2) is 23.8 Å². The summed E-state index contributed by atoms with van der Waals surface area (Å²) in [7, 11) is 1.65. The number of ether oxygens (including phenoxy) is 1. The van der Waals surface area contributed by atoms with Gasteiger partial charge in [0, 0.05) is 4.90 Å². The van der Waals surface area contributed by atoms with Crippen LogP contribution in [0.4, 0.5) is 5.13 Å². The maximum atomic E-state index is 13.3. The standard InChI is InChI=1S/C25H24N2O2S2/c1-17-9-14-22-24(18(17)2)26-25(31-22)27(15-19-7-5-4-6-8-19)23(28)16-30-21-12-10-20(29-3)11-13-21/h4-14H,15-16H2,1-3H3. The zero-order valence-corrected chi connectivity index (χ0v) is 19.4. The highest BCUT2D eigenvalue weighted by Gasteiger charge is 2.21. The number of carbonyl (C=O) groups excluding carboxylic acids is 1. The van der Waals surface area contributed by atoms with Crippen LogP contribution in [-0.2, 0) is 11.3 Å². The molecule has 0 bridgehead atoms. The van der Waals surface area contributed by atoms with Crippen LogP contribution in [0, 0.1) is 13.8 Å². The van der Waals surface area contributed by atoms with Crippen molar-refractivity contribution in [2.75, 3.05) is 17.8 Å². The number of nitrogens with zero attached hydrogens (tertiary/aromatic N) is 2. The van der Waals surface area contributed by atoms with Crippen molar-refractivity contribution in [2.24, 2.45) is 0 Å². The Labute approximate surface area is 190 Å². The minimum Gasteiger partial charge on any atom is -0.497 e. The molecule has 0 saturated carbocycles. The van der Waals surface area contributed by atoms with Crippen LogP contribution >= 0.6 is 23.1 Å². The van der Waals surface area contributed by atoms with E-state index in [0.717, 1.165) is 31.6 Å². The Morgan fingerprint density at radius 1 is 1.03 bits per heavy atom. The lowest BCUT2D eigenvalue weighted by Crippen LogP contribution is -2.31. The summed E-state index contributed by atoms with van der Waals surface area (Å²) in [6.45, 7) is 4.68. The average molecular weight is 449 g/mol. The van der Waals surface area contributed by atoms with E-state index in [1.807, 2.05) is 59.5 Å². The summed E-state index contributed by atoms with van der Waals surface area (Å²) in [6, 6.07) is 22.0. The van der Waals surface area contributed by atoms with Crippen molar-refractivity contribution in [3.05, 3.63) is 83.4 Å². The maximum absolute atomic E-state index is 13.3. The molecule has 0 fully saturated rings. The van der Waals surface area contributed by atoms with Crippen molar-refractivity contribution in [3.8, 4) is 5.75 Å². The van der Waals surface area contributed by atoms with Crippen LogP contribution < -0.4 is 9.64 Å². The number of aromatic nitrogens is 1. The number of aryl methyl sites for hydroxylation is 2. The summed E-state index contributed by atoms with van der Waals surface area (Å²) in [5, 5.41) is 0.743. The number of fused-ring (bicyclic) bond motifs is 1. The molecule has 1 amide bonds. The summed E-state index contributed by atoms with van der Waals surface area (Å²) in [5.74, 6) is 1.19. The van der Waals surface area contributed by atoms with Gasteiger partial charge in [-0.05, 0) is 60.9 Å². The van der Waals surface area contributed by atoms with Crippen LogP contribution in [0.2, 0.25) is 0 Å². The predicted molar refractivity (Wildman–Crippen MR) is 130 cm³/mol. The molecular formula is C25H24N2O2S2. The Balaban J connectivity index is 1.60. The molecule has 4 rings (SSSR count). The minimum atomic E-state index is 0.0399. The molecule has 0 radical (unpaired) electrons. The summed E-state index contributed by atoms with van der Waals surface area (Å²) in [4.78, 5) is 21.0. The molecule has 0 N–H and O–H groups in total. The maximum Gasteiger partial charge on any atom is 0.239 e. The number of thioether (sulfide) groups is 1. The summed E-state index contributed by atoms with van der Waals surface area (Å²) < 4.78 is 6.32. The van der Waals surface area contributed by atoms with Gasteiger partial charge in [0.2, 0.25) is 5.91 Å². The Morgan fingerprint density at radius 3 is 2.48 bits per heavy atom. The molecular weight excluding hydrogens is 424 g/mol. The van der Waals surface area contributed by atoms with E-state index in [1.165, 1.54) is 22.9 Å². The van der Waals surface area contributed by atoms with E-state index in [4.69, 9.17) is 9.72 Å². The van der Waals surface area contributed by atoms with E-state index in [-0.39, 0.29) is 5.91 Å². The van der Waals surface area contributed by atoms with Gasteiger partial charge in [-0.2, -0.15) is 0 Å². The summed E-state index contributed by atoms with van der Waals surface area (Å²) in [6.07, 6.45) is 0. The lowest BCUT2D eigenvalue weighted by molar-refractivity contribution is -0.116. The smallest absolute Gasteiger partial charge is 0.239 e. The minimum absolute atomic E-state index is 0.0399. The van der Waals surface area contributed by atoms with E-state index in [9.17, 15) is 4.79 Å². The van der Waals surface area contributed by atoms with Crippen LogP contribution in [0.15, 0.2) is 71.6 Å². The van der Waals surface area contributed by atoms with Crippen LogP contribution in [0.1, 0.15) is 16.7 Å². The Bertz CT molecular complexity index is 1190. The monoisotopic (exact) mass is 448 g/mol. The van der Waals surface area contributed by atoms with Gasteiger partial charge in [0.1, 0.15) is 5.75 Å². The topological polar surface area (TPSA) is 42.4 Å². The number of amides is 1. The first kappa shape index (κ1) is 21.4. The third-order valence-electron chi connectivity index (χ3n) is 5.21. The van der Waals surface area contributed by atoms with Crippen molar-refractivity contribution >= 4 is 44.4 Å². The molecule has 0 aliphatic heterocycles. The van der Waals surface area contributed by atoms with Crippen molar-refractivity contribution in [1.29, 1.82) is 0 Å². The van der Waals surface area contributed by atoms with E-state index in [1.54, 1.807) is 18.4 Å². The third-order valence-corrected chi connectivity index (χ3v) is 7.25. The zero-order chi connectivity index (χ0) is 21.8. The molecule has 0 aliphatic carbocycles. The average Bonchev–Trinajstić information content (AvgIpc) is 3.24. The second-order valence-corrected chi connectivity index (χ2v) is 9.34. The molecule has 0 saturated heterocycles. The molecule has 1 aromatic heterocycles. The van der Waals surface area contributed by atoms with E-state index in [0.29, 0.717) is 12.3 Å². The number of hydrogen-bond donors (Lipinski definition) is 0. The molecule has 0 spiro atoms. The van der Waals surface area contributed by atoms with Gasteiger partial charge in [-0.15, -0.1) is 11.8 Å². The van der Waals surface area contributed by atoms with E-state index >= 15 is 0 Å². The number of thiazole rings is 1. The van der Waals surface area contributed by atoms with Gasteiger partial charge in [0.05, 0.1) is 29.6 Å². The predicted octanol–water partition coefficient (Wildman–Crippen LogP) is 6.25. The van der Waals surface area contributed by atoms with Gasteiger partial charge < -0.3 is 4.74 Å². The highest BCUT2D eigenvalue weighted by Crippen LogP contribution is 2.33. The quantitative estimate of drug-likeness (QED) is 0.314. The second-order valence-electron chi connectivity index (χ2n) is 7.28. The van der Waals surface area contributed by atoms with Crippen LogP contribution in [0.3, 0.4) is 0 Å². The van der Waals surface area contributed by atoms with Crippen molar-refractivity contribution in [2.45, 2.75) is 25.3 Å². The Hall–Kier alpha value is -2.83. The fourth-order valence-electron chi connectivity index (χ4n) is 3.25. The summed E-state index contributed by atoms with van der Waals surface area (Å²) >= 11 is 3.09. The number of carbonyl (C=O) groups is 1. The van der Waals surface area contributed by atoms with Gasteiger partial charge in [0.15, 0.2) is 5.13 Å². The SMILES string of the molecule is COc1ccc(SCC(=O)N(Cc2ccccc2)c2nc3c(C)c(C)ccc3s2)cc1. The number of rotatable bonds is 7. The number of benzene rings is 3. The van der Waals surface area contributed by atoms with Gasteiger partial charge in [-0.1, -0.05) is 47.7 Å². The van der Waals surface area contributed by atoms with Gasteiger partial charge in [0.25, 0.3) is 0 Å². The Morgan fingerprint density at radius 2 is 1.77 bits per heavy atom. The van der Waals surface area contributed by atoms with Crippen molar-refractivity contribution in [3.63, 3.8) is 0 Å². The first-order valence-corrected chi connectivity index (χ1v) is 11.8. The largest absolute Gasteiger partial charge is 0.497 e. The number of anilines is 1. The van der Waals surface area contributed by atoms with Gasteiger partial charge >= 0.3 is 0 Å². The summed E-state index contributed by atoms with van der Waals surface area (Å²) in [5.41, 5.74) is 4.44. The molecule has 31 heavy (non-hydrogen) atoms. The number of methoxy groups -OCH3 is 1. The fourth-order valence-corrected chi connectivity index (χ4v) is 5.07. The lowest BCUT2D eigenvalue weighted by Gasteiger charge is -2.20. The Kier molecular flexibility index (Phi) is 6.59. The molecule has 4 aromatic rings. The van der Waals surface area contributed by atoms with Gasteiger partial charge in [-0.3, -0.25) is 9.69 Å². The normalized spacial score (nSPS) is 10.9. The van der Waals surface area contributed by atoms with Gasteiger partial charge in [-0.25, -0.2) is 4.98 Å². The molecule has 3 aromatic carbocycles. The molecule has 6 heteroatoms. The lowest BCUT2D eigenvalue weighted by atomic mass is 10.1. The van der Waals surface area contributed by atoms with Crippen molar-refractivity contribution in [1.82, 2.24) is 4.98 Å². The second kappa shape index (κ2) is 9.54. The molecule has 0 aliphatic rings. The molecule has 1 heterocycles. The molecule has 4 nitrogen and oxygen atoms in total. The fraction of sp³-hybridized carbons (Fsp3) is 0.200.